The maximum Gasteiger partial charge on any atom is 0.223 e. The molecule has 3 nitrogen and oxygen atoms in total. The maximum atomic E-state index is 12.2. The molecule has 1 fully saturated rings. The van der Waals surface area contributed by atoms with E-state index in [0.717, 1.165) is 25.7 Å². The van der Waals surface area contributed by atoms with Crippen LogP contribution in [-0.2, 0) is 4.79 Å². The van der Waals surface area contributed by atoms with Gasteiger partial charge in [0.15, 0.2) is 0 Å². The zero-order chi connectivity index (χ0) is 13.8. The van der Waals surface area contributed by atoms with Gasteiger partial charge in [-0.25, -0.2) is 0 Å². The van der Waals surface area contributed by atoms with E-state index in [1.54, 1.807) is 0 Å². The molecule has 0 radical (unpaired) electrons. The first-order valence-electron chi connectivity index (χ1n) is 7.22. The molecule has 19 heavy (non-hydrogen) atoms. The SMILES string of the molecule is CCC(NC(=O)C1CCC(N)C1)c1ccc(C)cc1. The molecule has 2 rings (SSSR count). The normalized spacial score (nSPS) is 24.2. The summed E-state index contributed by atoms with van der Waals surface area (Å²) >= 11 is 0. The summed E-state index contributed by atoms with van der Waals surface area (Å²) in [7, 11) is 0. The van der Waals surface area contributed by atoms with Gasteiger partial charge in [0.05, 0.1) is 6.04 Å². The van der Waals surface area contributed by atoms with Gasteiger partial charge in [-0.2, -0.15) is 0 Å². The van der Waals surface area contributed by atoms with Crippen LogP contribution in [-0.4, -0.2) is 11.9 Å². The molecule has 1 aromatic carbocycles. The molecule has 1 amide bonds. The lowest BCUT2D eigenvalue weighted by Gasteiger charge is -2.20. The van der Waals surface area contributed by atoms with E-state index in [1.807, 2.05) is 0 Å². The van der Waals surface area contributed by atoms with E-state index in [-0.39, 0.29) is 23.9 Å². The molecule has 0 spiro atoms. The van der Waals surface area contributed by atoms with Gasteiger partial charge >= 0.3 is 0 Å². The highest BCUT2D eigenvalue weighted by Crippen LogP contribution is 2.26. The second-order valence-corrected chi connectivity index (χ2v) is 5.65. The van der Waals surface area contributed by atoms with E-state index < -0.39 is 0 Å². The van der Waals surface area contributed by atoms with E-state index in [0.29, 0.717) is 0 Å². The second kappa shape index (κ2) is 6.20. The third kappa shape index (κ3) is 3.57. The molecular weight excluding hydrogens is 236 g/mol. The molecule has 0 bridgehead atoms. The van der Waals surface area contributed by atoms with Gasteiger partial charge in [-0.05, 0) is 38.2 Å². The molecule has 3 atom stereocenters. The van der Waals surface area contributed by atoms with Crippen molar-refractivity contribution in [3.05, 3.63) is 35.4 Å². The second-order valence-electron chi connectivity index (χ2n) is 5.65. The maximum absolute atomic E-state index is 12.2. The molecule has 104 valence electrons. The van der Waals surface area contributed by atoms with Crippen molar-refractivity contribution in [1.82, 2.24) is 5.32 Å². The summed E-state index contributed by atoms with van der Waals surface area (Å²) in [5.41, 5.74) is 8.30. The first-order valence-corrected chi connectivity index (χ1v) is 7.22. The Kier molecular flexibility index (Phi) is 4.59. The highest BCUT2D eigenvalue weighted by molar-refractivity contribution is 5.79. The van der Waals surface area contributed by atoms with Gasteiger partial charge in [0.1, 0.15) is 0 Å². The number of carbonyl (C=O) groups excluding carboxylic acids is 1. The van der Waals surface area contributed by atoms with Crippen molar-refractivity contribution in [2.45, 2.75) is 51.6 Å². The number of amides is 1. The van der Waals surface area contributed by atoms with Crippen LogP contribution in [0.5, 0.6) is 0 Å². The van der Waals surface area contributed by atoms with Crippen molar-refractivity contribution in [2.24, 2.45) is 11.7 Å². The molecule has 0 aliphatic heterocycles. The number of aryl methyl sites for hydroxylation is 1. The fourth-order valence-corrected chi connectivity index (χ4v) is 2.76. The monoisotopic (exact) mass is 260 g/mol. The van der Waals surface area contributed by atoms with Crippen LogP contribution in [0.25, 0.3) is 0 Å². The van der Waals surface area contributed by atoms with Crippen molar-refractivity contribution in [3.63, 3.8) is 0 Å². The lowest BCUT2D eigenvalue weighted by molar-refractivity contribution is -0.125. The van der Waals surface area contributed by atoms with Gasteiger partial charge in [-0.15, -0.1) is 0 Å². The van der Waals surface area contributed by atoms with E-state index >= 15 is 0 Å². The van der Waals surface area contributed by atoms with E-state index in [4.69, 9.17) is 5.73 Å². The quantitative estimate of drug-likeness (QED) is 0.874. The van der Waals surface area contributed by atoms with Gasteiger partial charge in [0.25, 0.3) is 0 Å². The molecule has 0 aromatic heterocycles. The van der Waals surface area contributed by atoms with Crippen molar-refractivity contribution in [2.75, 3.05) is 0 Å². The molecule has 0 saturated heterocycles. The van der Waals surface area contributed by atoms with E-state index in [1.165, 1.54) is 11.1 Å². The molecule has 1 aliphatic carbocycles. The minimum atomic E-state index is 0.106. The molecule has 0 heterocycles. The number of rotatable bonds is 4. The Bertz CT molecular complexity index is 427. The third-order valence-corrected chi connectivity index (χ3v) is 4.05. The standard InChI is InChI=1S/C16H24N2O/c1-3-15(12-6-4-11(2)5-7-12)18-16(19)13-8-9-14(17)10-13/h4-7,13-15H,3,8-10,17H2,1-2H3,(H,18,19). The van der Waals surface area contributed by atoms with E-state index in [2.05, 4.69) is 43.4 Å². The summed E-state index contributed by atoms with van der Waals surface area (Å²) in [5.74, 6) is 0.273. The Balaban J connectivity index is 1.99. The van der Waals surface area contributed by atoms with Gasteiger partial charge in [-0.3, -0.25) is 4.79 Å². The zero-order valence-electron chi connectivity index (χ0n) is 11.9. The van der Waals surface area contributed by atoms with Crippen LogP contribution in [0.4, 0.5) is 0 Å². The number of hydrogen-bond acceptors (Lipinski definition) is 2. The van der Waals surface area contributed by atoms with E-state index in [9.17, 15) is 4.79 Å². The topological polar surface area (TPSA) is 55.1 Å². The number of benzene rings is 1. The summed E-state index contributed by atoms with van der Waals surface area (Å²) in [5, 5.41) is 3.17. The highest BCUT2D eigenvalue weighted by Gasteiger charge is 2.28. The van der Waals surface area contributed by atoms with Gasteiger partial charge in [-0.1, -0.05) is 36.8 Å². The molecule has 3 N–H and O–H groups in total. The highest BCUT2D eigenvalue weighted by atomic mass is 16.1. The Hall–Kier alpha value is -1.35. The Labute approximate surface area is 115 Å². The van der Waals surface area contributed by atoms with Crippen molar-refractivity contribution >= 4 is 5.91 Å². The Morgan fingerprint density at radius 2 is 2.05 bits per heavy atom. The van der Waals surface area contributed by atoms with Crippen LogP contribution in [0.1, 0.15) is 49.8 Å². The third-order valence-electron chi connectivity index (χ3n) is 4.05. The largest absolute Gasteiger partial charge is 0.349 e. The zero-order valence-corrected chi connectivity index (χ0v) is 11.9. The first kappa shape index (κ1) is 14.1. The summed E-state index contributed by atoms with van der Waals surface area (Å²) in [6.07, 6.45) is 3.64. The summed E-state index contributed by atoms with van der Waals surface area (Å²) in [4.78, 5) is 12.2. The first-order chi connectivity index (χ1) is 9.10. The predicted molar refractivity (Wildman–Crippen MR) is 77.7 cm³/mol. The van der Waals surface area contributed by atoms with Crippen LogP contribution in [0.2, 0.25) is 0 Å². The number of hydrogen-bond donors (Lipinski definition) is 2. The minimum Gasteiger partial charge on any atom is -0.349 e. The lowest BCUT2D eigenvalue weighted by Crippen LogP contribution is -2.33. The molecular formula is C16H24N2O. The van der Waals surface area contributed by atoms with Crippen LogP contribution in [0.15, 0.2) is 24.3 Å². The van der Waals surface area contributed by atoms with Gasteiger partial charge in [0.2, 0.25) is 5.91 Å². The van der Waals surface area contributed by atoms with Crippen LogP contribution in [0, 0.1) is 12.8 Å². The summed E-state index contributed by atoms with van der Waals surface area (Å²) in [6.45, 7) is 4.18. The Morgan fingerprint density at radius 3 is 2.58 bits per heavy atom. The van der Waals surface area contributed by atoms with Gasteiger partial charge < -0.3 is 11.1 Å². The molecule has 1 aliphatic rings. The molecule has 3 unspecified atom stereocenters. The average Bonchev–Trinajstić information content (AvgIpc) is 2.84. The molecule has 3 heteroatoms. The lowest BCUT2D eigenvalue weighted by atomic mass is 10.0. The number of carbonyl (C=O) groups is 1. The Morgan fingerprint density at radius 1 is 1.37 bits per heavy atom. The average molecular weight is 260 g/mol. The smallest absolute Gasteiger partial charge is 0.223 e. The fraction of sp³-hybridized carbons (Fsp3) is 0.562. The minimum absolute atomic E-state index is 0.106. The van der Waals surface area contributed by atoms with Crippen molar-refractivity contribution in [3.8, 4) is 0 Å². The van der Waals surface area contributed by atoms with Crippen LogP contribution < -0.4 is 11.1 Å². The van der Waals surface area contributed by atoms with Crippen molar-refractivity contribution < 1.29 is 4.79 Å². The summed E-state index contributed by atoms with van der Waals surface area (Å²) in [6, 6.07) is 8.71. The van der Waals surface area contributed by atoms with Crippen LogP contribution >= 0.6 is 0 Å². The summed E-state index contributed by atoms with van der Waals surface area (Å²) < 4.78 is 0. The number of nitrogens with two attached hydrogens (primary N) is 1. The molecule has 1 aromatic rings. The van der Waals surface area contributed by atoms with Crippen molar-refractivity contribution in [1.29, 1.82) is 0 Å². The molecule has 1 saturated carbocycles. The number of nitrogens with one attached hydrogen (secondary N) is 1. The van der Waals surface area contributed by atoms with Gasteiger partial charge in [0, 0.05) is 12.0 Å². The van der Waals surface area contributed by atoms with Crippen LogP contribution in [0.3, 0.4) is 0 Å². The predicted octanol–water partition coefficient (Wildman–Crippen LogP) is 2.69. The fourth-order valence-electron chi connectivity index (χ4n) is 2.76.